The number of anilines is 1. The smallest absolute Gasteiger partial charge is 0.254 e. The number of amides is 1. The van der Waals surface area contributed by atoms with Gasteiger partial charge in [-0.05, 0) is 32.0 Å². The van der Waals surface area contributed by atoms with E-state index >= 15 is 0 Å². The van der Waals surface area contributed by atoms with Gasteiger partial charge in [-0.3, -0.25) is 9.78 Å². The molecule has 1 aromatic rings. The predicted octanol–water partition coefficient (Wildman–Crippen LogP) is 2.22. The van der Waals surface area contributed by atoms with Gasteiger partial charge in [-0.25, -0.2) is 0 Å². The first kappa shape index (κ1) is 17.4. The summed E-state index contributed by atoms with van der Waals surface area (Å²) in [5, 5.41) is 6.28. The Morgan fingerprint density at radius 2 is 2.10 bits per heavy atom. The molecule has 1 aromatic heterocycles. The highest BCUT2D eigenvalue weighted by Gasteiger charge is 2.21. The lowest BCUT2D eigenvalue weighted by molar-refractivity contribution is 0.0929. The van der Waals surface area contributed by atoms with Crippen LogP contribution >= 0.6 is 0 Å². The van der Waals surface area contributed by atoms with E-state index in [1.165, 1.54) is 0 Å². The first-order chi connectivity index (χ1) is 9.85. The zero-order valence-electron chi connectivity index (χ0n) is 13.9. The van der Waals surface area contributed by atoms with Crippen molar-refractivity contribution in [2.45, 2.75) is 27.2 Å². The number of carbonyl (C=O) groups is 1. The summed E-state index contributed by atoms with van der Waals surface area (Å²) < 4.78 is 0. The van der Waals surface area contributed by atoms with E-state index in [0.29, 0.717) is 12.1 Å². The van der Waals surface area contributed by atoms with Gasteiger partial charge in [0.25, 0.3) is 5.91 Å². The molecule has 1 amide bonds. The molecule has 0 aromatic carbocycles. The topological polar surface area (TPSA) is 57.3 Å². The summed E-state index contributed by atoms with van der Waals surface area (Å²) in [4.78, 5) is 18.5. The van der Waals surface area contributed by atoms with Crippen molar-refractivity contribution in [3.8, 4) is 0 Å². The summed E-state index contributed by atoms with van der Waals surface area (Å²) in [5.41, 5.74) is 1.47. The molecular weight excluding hydrogens is 264 g/mol. The largest absolute Gasteiger partial charge is 0.384 e. The van der Waals surface area contributed by atoms with Gasteiger partial charge < -0.3 is 15.5 Å². The van der Waals surface area contributed by atoms with Crippen molar-refractivity contribution >= 4 is 11.6 Å². The van der Waals surface area contributed by atoms with Crippen LogP contribution in [0.5, 0.6) is 0 Å². The maximum atomic E-state index is 12.4. The first-order valence-corrected chi connectivity index (χ1v) is 7.46. The summed E-state index contributed by atoms with van der Waals surface area (Å²) in [6.07, 6.45) is 4.33. The van der Waals surface area contributed by atoms with E-state index < -0.39 is 0 Å². The Hall–Kier alpha value is -1.62. The standard InChI is InChI=1S/C16H28N4O/c1-6-8-18-14-7-9-17-10-13(14)15(21)19-11-16(2,3)12-20(4)5/h7,9-10H,6,8,11-12H2,1-5H3,(H,17,18)(H,19,21). The summed E-state index contributed by atoms with van der Waals surface area (Å²) >= 11 is 0. The highest BCUT2D eigenvalue weighted by Crippen LogP contribution is 2.16. The van der Waals surface area contributed by atoms with Gasteiger partial charge in [0.1, 0.15) is 0 Å². The fourth-order valence-corrected chi connectivity index (χ4v) is 2.32. The lowest BCUT2D eigenvalue weighted by atomic mass is 9.93. The molecule has 5 nitrogen and oxygen atoms in total. The van der Waals surface area contributed by atoms with Gasteiger partial charge in [0.2, 0.25) is 0 Å². The van der Waals surface area contributed by atoms with Crippen LogP contribution in [-0.4, -0.2) is 49.5 Å². The van der Waals surface area contributed by atoms with Gasteiger partial charge in [0, 0.05) is 32.0 Å². The minimum Gasteiger partial charge on any atom is -0.384 e. The number of pyridine rings is 1. The molecule has 0 aliphatic carbocycles. The summed E-state index contributed by atoms with van der Waals surface area (Å²) in [6, 6.07) is 1.84. The molecule has 0 aliphatic rings. The number of nitrogens with zero attached hydrogens (tertiary/aromatic N) is 2. The van der Waals surface area contributed by atoms with E-state index in [9.17, 15) is 4.79 Å². The number of aromatic nitrogens is 1. The third kappa shape index (κ3) is 6.12. The molecule has 0 fully saturated rings. The third-order valence-corrected chi connectivity index (χ3v) is 3.10. The minimum atomic E-state index is -0.0754. The number of rotatable bonds is 8. The normalized spacial score (nSPS) is 11.5. The molecule has 0 saturated carbocycles. The molecule has 0 saturated heterocycles. The lowest BCUT2D eigenvalue weighted by Gasteiger charge is -2.28. The summed E-state index contributed by atoms with van der Waals surface area (Å²) in [5.74, 6) is -0.0754. The third-order valence-electron chi connectivity index (χ3n) is 3.10. The highest BCUT2D eigenvalue weighted by molar-refractivity contribution is 5.99. The fourth-order valence-electron chi connectivity index (χ4n) is 2.32. The van der Waals surface area contributed by atoms with Gasteiger partial charge >= 0.3 is 0 Å². The van der Waals surface area contributed by atoms with Crippen LogP contribution in [0.2, 0.25) is 0 Å². The molecule has 0 spiro atoms. The van der Waals surface area contributed by atoms with Gasteiger partial charge in [-0.1, -0.05) is 20.8 Å². The second-order valence-electron chi connectivity index (χ2n) is 6.43. The Labute approximate surface area is 128 Å². The van der Waals surface area contributed by atoms with Crippen LogP contribution in [0.3, 0.4) is 0 Å². The molecule has 5 heteroatoms. The van der Waals surface area contributed by atoms with E-state index in [4.69, 9.17) is 0 Å². The number of hydrogen-bond donors (Lipinski definition) is 2. The molecular formula is C16H28N4O. The monoisotopic (exact) mass is 292 g/mol. The predicted molar refractivity (Wildman–Crippen MR) is 87.7 cm³/mol. The van der Waals surface area contributed by atoms with Gasteiger partial charge in [-0.2, -0.15) is 0 Å². The molecule has 0 bridgehead atoms. The average Bonchev–Trinajstić information content (AvgIpc) is 2.41. The molecule has 0 atom stereocenters. The zero-order chi connectivity index (χ0) is 15.9. The van der Waals surface area contributed by atoms with Crippen LogP contribution in [0, 0.1) is 5.41 Å². The van der Waals surface area contributed by atoms with E-state index in [2.05, 4.69) is 41.3 Å². The molecule has 0 aliphatic heterocycles. The maximum absolute atomic E-state index is 12.4. The lowest BCUT2D eigenvalue weighted by Crippen LogP contribution is -2.40. The molecule has 0 radical (unpaired) electrons. The van der Waals surface area contributed by atoms with Crippen molar-refractivity contribution in [3.63, 3.8) is 0 Å². The highest BCUT2D eigenvalue weighted by atomic mass is 16.1. The van der Waals surface area contributed by atoms with Crippen molar-refractivity contribution in [2.75, 3.05) is 39.0 Å². The van der Waals surface area contributed by atoms with Crippen LogP contribution < -0.4 is 10.6 Å². The van der Waals surface area contributed by atoms with Crippen LogP contribution in [0.25, 0.3) is 0 Å². The van der Waals surface area contributed by atoms with Crippen molar-refractivity contribution in [2.24, 2.45) is 5.41 Å². The Bertz CT molecular complexity index is 457. The number of carbonyl (C=O) groups excluding carboxylic acids is 1. The number of hydrogen-bond acceptors (Lipinski definition) is 4. The van der Waals surface area contributed by atoms with E-state index in [0.717, 1.165) is 25.2 Å². The van der Waals surface area contributed by atoms with Crippen molar-refractivity contribution < 1.29 is 4.79 Å². The van der Waals surface area contributed by atoms with Crippen molar-refractivity contribution in [3.05, 3.63) is 24.0 Å². The van der Waals surface area contributed by atoms with Gasteiger partial charge in [0.15, 0.2) is 0 Å². The fraction of sp³-hybridized carbons (Fsp3) is 0.625. The van der Waals surface area contributed by atoms with Crippen molar-refractivity contribution in [1.82, 2.24) is 15.2 Å². The molecule has 118 valence electrons. The summed E-state index contributed by atoms with van der Waals surface area (Å²) in [7, 11) is 4.08. The number of nitrogens with one attached hydrogen (secondary N) is 2. The Morgan fingerprint density at radius 3 is 2.71 bits per heavy atom. The van der Waals surface area contributed by atoms with E-state index in [-0.39, 0.29) is 11.3 Å². The Balaban J connectivity index is 2.67. The van der Waals surface area contributed by atoms with Crippen LogP contribution in [0.4, 0.5) is 5.69 Å². The van der Waals surface area contributed by atoms with E-state index in [1.54, 1.807) is 12.4 Å². The SMILES string of the molecule is CCCNc1ccncc1C(=O)NCC(C)(C)CN(C)C. The van der Waals surface area contributed by atoms with Gasteiger partial charge in [-0.15, -0.1) is 0 Å². The molecule has 1 heterocycles. The first-order valence-electron chi connectivity index (χ1n) is 7.46. The Kier molecular flexibility index (Phi) is 6.62. The minimum absolute atomic E-state index is 0.0262. The second-order valence-corrected chi connectivity index (χ2v) is 6.43. The van der Waals surface area contributed by atoms with Gasteiger partial charge in [0.05, 0.1) is 11.3 Å². The maximum Gasteiger partial charge on any atom is 0.254 e. The zero-order valence-corrected chi connectivity index (χ0v) is 13.9. The molecule has 2 N–H and O–H groups in total. The van der Waals surface area contributed by atoms with E-state index in [1.807, 2.05) is 20.2 Å². The van der Waals surface area contributed by atoms with Crippen molar-refractivity contribution in [1.29, 1.82) is 0 Å². The van der Waals surface area contributed by atoms with Crippen LogP contribution in [0.15, 0.2) is 18.5 Å². The molecule has 21 heavy (non-hydrogen) atoms. The quantitative estimate of drug-likeness (QED) is 0.771. The molecule has 1 rings (SSSR count). The van der Waals surface area contributed by atoms with Crippen LogP contribution in [0.1, 0.15) is 37.6 Å². The second kappa shape index (κ2) is 7.98. The Morgan fingerprint density at radius 1 is 1.38 bits per heavy atom. The average molecular weight is 292 g/mol. The summed E-state index contributed by atoms with van der Waals surface area (Å²) in [6.45, 7) is 8.78. The molecule has 0 unspecified atom stereocenters. The van der Waals surface area contributed by atoms with Crippen LogP contribution in [-0.2, 0) is 0 Å².